The highest BCUT2D eigenvalue weighted by Crippen LogP contribution is 2.31. The summed E-state index contributed by atoms with van der Waals surface area (Å²) in [7, 11) is 0. The molecule has 2 heteroatoms. The average molecular weight is 605 g/mol. The molecule has 0 aliphatic carbocycles. The molecule has 6 aromatic rings. The fourth-order valence-corrected chi connectivity index (χ4v) is 5.38. The zero-order valence-electron chi connectivity index (χ0n) is 29.0. The Morgan fingerprint density at radius 1 is 0.348 bits per heavy atom. The van der Waals surface area contributed by atoms with Crippen LogP contribution in [0.5, 0.6) is 0 Å². The standard InChI is InChI=1S/C18H16N2.C17H20.C9H12/c1-13-3-7-15(8-4-13)17-11-19-18(20-12-17)16-9-5-14(2)6-10-16;1-13-5-9-15(10-6-13)17(3,4)16-11-7-14(2)8-12-16;1-7-4-8(2)6-9(3)5-7/h3-12H,1-2H3;5-12H,1-4H3;4-6H,1-3H3. The Balaban J connectivity index is 0.000000168. The van der Waals surface area contributed by atoms with Gasteiger partial charge in [-0.25, -0.2) is 9.97 Å². The van der Waals surface area contributed by atoms with Crippen LogP contribution in [-0.2, 0) is 5.41 Å². The van der Waals surface area contributed by atoms with Crippen LogP contribution in [0.25, 0.3) is 22.5 Å². The first kappa shape index (κ1) is 34.1. The first-order valence-electron chi connectivity index (χ1n) is 16.1. The molecular formula is C44H48N2. The van der Waals surface area contributed by atoms with Gasteiger partial charge in [0.2, 0.25) is 0 Å². The Morgan fingerprint density at radius 3 is 1.00 bits per heavy atom. The number of nitrogens with zero attached hydrogens (tertiary/aromatic N) is 2. The van der Waals surface area contributed by atoms with Crippen molar-refractivity contribution in [2.24, 2.45) is 0 Å². The van der Waals surface area contributed by atoms with Crippen molar-refractivity contribution in [1.29, 1.82) is 0 Å². The van der Waals surface area contributed by atoms with E-state index in [4.69, 9.17) is 0 Å². The van der Waals surface area contributed by atoms with Gasteiger partial charge in [-0.05, 0) is 65.2 Å². The number of aryl methyl sites for hydroxylation is 7. The molecule has 2 nitrogen and oxygen atoms in total. The third kappa shape index (κ3) is 9.59. The number of benzene rings is 5. The second-order valence-electron chi connectivity index (χ2n) is 13.0. The second kappa shape index (κ2) is 15.5. The van der Waals surface area contributed by atoms with Gasteiger partial charge in [-0.1, -0.05) is 168 Å². The van der Waals surface area contributed by atoms with Crippen LogP contribution in [0.3, 0.4) is 0 Å². The number of hydrogen-bond donors (Lipinski definition) is 0. The lowest BCUT2D eigenvalue weighted by Crippen LogP contribution is -2.18. The van der Waals surface area contributed by atoms with Crippen molar-refractivity contribution in [3.05, 3.63) is 178 Å². The average Bonchev–Trinajstić information content (AvgIpc) is 3.02. The van der Waals surface area contributed by atoms with E-state index in [0.29, 0.717) is 0 Å². The molecule has 0 saturated carbocycles. The van der Waals surface area contributed by atoms with Gasteiger partial charge in [-0.15, -0.1) is 0 Å². The minimum atomic E-state index is 0.0708. The van der Waals surface area contributed by atoms with E-state index in [1.54, 1.807) is 0 Å². The maximum atomic E-state index is 4.47. The molecule has 0 spiro atoms. The SMILES string of the molecule is Cc1cc(C)cc(C)c1.Cc1ccc(-c2cnc(-c3ccc(C)cc3)nc2)cc1.Cc1ccc(C(C)(C)c2ccc(C)cc2)cc1. The lowest BCUT2D eigenvalue weighted by atomic mass is 9.78. The Morgan fingerprint density at radius 2 is 0.652 bits per heavy atom. The van der Waals surface area contributed by atoms with Crippen molar-refractivity contribution in [1.82, 2.24) is 9.97 Å². The highest BCUT2D eigenvalue weighted by molar-refractivity contribution is 5.64. The van der Waals surface area contributed by atoms with Crippen LogP contribution in [-0.4, -0.2) is 9.97 Å². The van der Waals surface area contributed by atoms with Crippen LogP contribution in [0.2, 0.25) is 0 Å². The molecule has 0 saturated heterocycles. The number of aromatic nitrogens is 2. The van der Waals surface area contributed by atoms with Gasteiger partial charge in [-0.2, -0.15) is 0 Å². The van der Waals surface area contributed by atoms with Crippen molar-refractivity contribution in [3.63, 3.8) is 0 Å². The second-order valence-corrected chi connectivity index (χ2v) is 13.0. The van der Waals surface area contributed by atoms with Gasteiger partial charge in [0.05, 0.1) is 0 Å². The van der Waals surface area contributed by atoms with Crippen LogP contribution >= 0.6 is 0 Å². The maximum Gasteiger partial charge on any atom is 0.159 e. The van der Waals surface area contributed by atoms with E-state index in [1.165, 1.54) is 50.1 Å². The fourth-order valence-electron chi connectivity index (χ4n) is 5.38. The van der Waals surface area contributed by atoms with E-state index in [1.807, 2.05) is 12.4 Å². The summed E-state index contributed by atoms with van der Waals surface area (Å²) in [5, 5.41) is 0. The first-order valence-corrected chi connectivity index (χ1v) is 16.1. The zero-order valence-corrected chi connectivity index (χ0v) is 29.0. The molecule has 0 radical (unpaired) electrons. The molecule has 0 bridgehead atoms. The van der Waals surface area contributed by atoms with Crippen LogP contribution < -0.4 is 0 Å². The maximum absolute atomic E-state index is 4.47. The molecule has 0 aliphatic rings. The predicted molar refractivity (Wildman–Crippen MR) is 198 cm³/mol. The summed E-state index contributed by atoms with van der Waals surface area (Å²) in [6.07, 6.45) is 3.76. The quantitative estimate of drug-likeness (QED) is 0.200. The normalized spacial score (nSPS) is 10.7. The first-order chi connectivity index (χ1) is 21.9. The van der Waals surface area contributed by atoms with E-state index in [2.05, 4.69) is 188 Å². The Kier molecular flexibility index (Phi) is 11.4. The highest BCUT2D eigenvalue weighted by Gasteiger charge is 2.22. The summed E-state index contributed by atoms with van der Waals surface area (Å²) in [6.45, 7) is 19.3. The van der Waals surface area contributed by atoms with E-state index in [9.17, 15) is 0 Å². The van der Waals surface area contributed by atoms with Crippen molar-refractivity contribution in [2.75, 3.05) is 0 Å². The Bertz CT molecular complexity index is 1650. The molecule has 46 heavy (non-hydrogen) atoms. The summed E-state index contributed by atoms with van der Waals surface area (Å²) < 4.78 is 0. The molecule has 6 rings (SSSR count). The monoisotopic (exact) mass is 604 g/mol. The van der Waals surface area contributed by atoms with Crippen LogP contribution in [0, 0.1) is 48.5 Å². The molecular weight excluding hydrogens is 556 g/mol. The molecule has 1 aromatic heterocycles. The van der Waals surface area contributed by atoms with Gasteiger partial charge in [-0.3, -0.25) is 0 Å². The summed E-state index contributed by atoms with van der Waals surface area (Å²) in [4.78, 5) is 8.93. The van der Waals surface area contributed by atoms with E-state index >= 15 is 0 Å². The van der Waals surface area contributed by atoms with Crippen LogP contribution in [0.15, 0.2) is 128 Å². The topological polar surface area (TPSA) is 25.8 Å². The molecule has 0 unspecified atom stereocenters. The minimum Gasteiger partial charge on any atom is -0.236 e. The Labute approximate surface area is 277 Å². The number of rotatable bonds is 4. The largest absolute Gasteiger partial charge is 0.236 e. The molecule has 234 valence electrons. The smallest absolute Gasteiger partial charge is 0.159 e. The lowest BCUT2D eigenvalue weighted by Gasteiger charge is -2.26. The zero-order chi connectivity index (χ0) is 33.3. The van der Waals surface area contributed by atoms with Gasteiger partial charge in [0, 0.05) is 28.9 Å². The summed E-state index contributed by atoms with van der Waals surface area (Å²) >= 11 is 0. The molecule has 5 aromatic carbocycles. The summed E-state index contributed by atoms with van der Waals surface area (Å²) in [5.74, 6) is 0.765. The van der Waals surface area contributed by atoms with Crippen molar-refractivity contribution >= 4 is 0 Å². The molecule has 0 fully saturated rings. The summed E-state index contributed by atoms with van der Waals surface area (Å²) in [6, 6.07) is 40.9. The van der Waals surface area contributed by atoms with Gasteiger partial charge in [0.25, 0.3) is 0 Å². The minimum absolute atomic E-state index is 0.0708. The Hall–Kier alpha value is -4.82. The third-order valence-corrected chi connectivity index (χ3v) is 8.26. The van der Waals surface area contributed by atoms with Crippen molar-refractivity contribution in [2.45, 2.75) is 67.7 Å². The highest BCUT2D eigenvalue weighted by atomic mass is 14.9. The van der Waals surface area contributed by atoms with Crippen LogP contribution in [0.4, 0.5) is 0 Å². The van der Waals surface area contributed by atoms with E-state index in [-0.39, 0.29) is 5.41 Å². The molecule has 1 heterocycles. The number of hydrogen-bond acceptors (Lipinski definition) is 2. The molecule has 0 aliphatic heterocycles. The van der Waals surface area contributed by atoms with Gasteiger partial charge in [0.1, 0.15) is 0 Å². The molecule has 0 atom stereocenters. The van der Waals surface area contributed by atoms with Gasteiger partial charge < -0.3 is 0 Å². The fraction of sp³-hybridized carbons (Fsp3) is 0.227. The molecule has 0 N–H and O–H groups in total. The van der Waals surface area contributed by atoms with E-state index in [0.717, 1.165) is 22.5 Å². The van der Waals surface area contributed by atoms with Crippen LogP contribution in [0.1, 0.15) is 63.9 Å². The van der Waals surface area contributed by atoms with Gasteiger partial charge in [0.15, 0.2) is 5.82 Å². The van der Waals surface area contributed by atoms with Crippen molar-refractivity contribution < 1.29 is 0 Å². The molecule has 0 amide bonds. The lowest BCUT2D eigenvalue weighted by molar-refractivity contribution is 0.640. The summed E-state index contributed by atoms with van der Waals surface area (Å²) in [5.41, 5.74) is 15.2. The van der Waals surface area contributed by atoms with E-state index < -0.39 is 0 Å². The van der Waals surface area contributed by atoms with Gasteiger partial charge >= 0.3 is 0 Å². The van der Waals surface area contributed by atoms with Crippen molar-refractivity contribution in [3.8, 4) is 22.5 Å². The third-order valence-electron chi connectivity index (χ3n) is 8.26. The predicted octanol–water partition coefficient (Wildman–Crippen LogP) is 11.7.